The number of carbonyl (C=O) groups excluding carboxylic acids is 1. The average Bonchev–Trinajstić information content (AvgIpc) is 2.47. The quantitative estimate of drug-likeness (QED) is 0.821. The van der Waals surface area contributed by atoms with Crippen LogP contribution < -0.4 is 11.1 Å². The topological polar surface area (TPSA) is 58.4 Å². The first-order valence-electron chi connectivity index (χ1n) is 7.50. The standard InChI is InChI=1S/C16H23N3OS/c1-12-4-2-3-10-19(12)11-9-15(20)18-14-7-5-13(6-8-14)16(17)21/h5-8,12H,2-4,9-11H2,1H3,(H2,17,21)(H,18,20). The van der Waals surface area contributed by atoms with Gasteiger partial charge >= 0.3 is 0 Å². The third-order valence-corrected chi connectivity index (χ3v) is 4.26. The van der Waals surface area contributed by atoms with E-state index in [1.807, 2.05) is 24.3 Å². The lowest BCUT2D eigenvalue weighted by Gasteiger charge is -2.33. The summed E-state index contributed by atoms with van der Waals surface area (Å²) in [4.78, 5) is 14.8. The van der Waals surface area contributed by atoms with Crippen LogP contribution in [0.2, 0.25) is 0 Å². The number of likely N-dealkylation sites (tertiary alicyclic amines) is 1. The molecule has 1 amide bonds. The molecule has 1 aromatic rings. The van der Waals surface area contributed by atoms with Gasteiger partial charge in [0.15, 0.2) is 0 Å². The molecule has 1 heterocycles. The van der Waals surface area contributed by atoms with Crippen LogP contribution in [-0.4, -0.2) is 34.9 Å². The molecule has 1 aliphatic rings. The second-order valence-corrected chi connectivity index (χ2v) is 6.06. The third kappa shape index (κ3) is 4.79. The summed E-state index contributed by atoms with van der Waals surface area (Å²) in [5.41, 5.74) is 7.14. The Bertz CT molecular complexity index is 501. The van der Waals surface area contributed by atoms with Crippen LogP contribution in [0, 0.1) is 0 Å². The summed E-state index contributed by atoms with van der Waals surface area (Å²) < 4.78 is 0. The molecule has 4 nitrogen and oxygen atoms in total. The van der Waals surface area contributed by atoms with Gasteiger partial charge in [0.1, 0.15) is 4.99 Å². The number of piperidine rings is 1. The number of nitrogens with two attached hydrogens (primary N) is 1. The molecule has 5 heteroatoms. The van der Waals surface area contributed by atoms with Gasteiger partial charge in [0.2, 0.25) is 5.91 Å². The smallest absolute Gasteiger partial charge is 0.225 e. The van der Waals surface area contributed by atoms with Crippen LogP contribution in [0.15, 0.2) is 24.3 Å². The largest absolute Gasteiger partial charge is 0.389 e. The number of hydrogen-bond donors (Lipinski definition) is 2. The van der Waals surface area contributed by atoms with Crippen molar-refractivity contribution in [3.63, 3.8) is 0 Å². The van der Waals surface area contributed by atoms with Gasteiger partial charge in [0.05, 0.1) is 0 Å². The Morgan fingerprint density at radius 2 is 2.10 bits per heavy atom. The minimum absolute atomic E-state index is 0.0517. The summed E-state index contributed by atoms with van der Waals surface area (Å²) in [5.74, 6) is 0.0517. The van der Waals surface area contributed by atoms with E-state index in [1.165, 1.54) is 19.3 Å². The Morgan fingerprint density at radius 1 is 1.38 bits per heavy atom. The van der Waals surface area contributed by atoms with Gasteiger partial charge in [-0.3, -0.25) is 4.79 Å². The van der Waals surface area contributed by atoms with Crippen LogP contribution >= 0.6 is 12.2 Å². The van der Waals surface area contributed by atoms with Gasteiger partial charge in [0, 0.05) is 30.3 Å². The third-order valence-electron chi connectivity index (χ3n) is 4.02. The van der Waals surface area contributed by atoms with Gasteiger partial charge in [-0.2, -0.15) is 0 Å². The first-order chi connectivity index (χ1) is 10.1. The van der Waals surface area contributed by atoms with Gasteiger partial charge < -0.3 is 16.0 Å². The number of rotatable bonds is 5. The zero-order chi connectivity index (χ0) is 15.2. The highest BCUT2D eigenvalue weighted by Crippen LogP contribution is 2.16. The lowest BCUT2D eigenvalue weighted by molar-refractivity contribution is -0.116. The fourth-order valence-corrected chi connectivity index (χ4v) is 2.81. The van der Waals surface area contributed by atoms with Crippen LogP contribution in [0.1, 0.15) is 38.2 Å². The summed E-state index contributed by atoms with van der Waals surface area (Å²) >= 11 is 4.90. The van der Waals surface area contributed by atoms with Crippen molar-refractivity contribution >= 4 is 28.8 Å². The van der Waals surface area contributed by atoms with Gasteiger partial charge in [-0.15, -0.1) is 0 Å². The van der Waals surface area contributed by atoms with Crippen molar-refractivity contribution in [1.82, 2.24) is 4.90 Å². The molecule has 114 valence electrons. The molecule has 21 heavy (non-hydrogen) atoms. The second-order valence-electron chi connectivity index (χ2n) is 5.62. The molecule has 0 aliphatic carbocycles. The summed E-state index contributed by atoms with van der Waals surface area (Å²) in [6, 6.07) is 7.90. The van der Waals surface area contributed by atoms with E-state index in [0.717, 1.165) is 24.3 Å². The van der Waals surface area contributed by atoms with Gasteiger partial charge in [-0.25, -0.2) is 0 Å². The average molecular weight is 305 g/mol. The van der Waals surface area contributed by atoms with Gasteiger partial charge in [-0.1, -0.05) is 18.6 Å². The highest BCUT2D eigenvalue weighted by Gasteiger charge is 2.18. The van der Waals surface area contributed by atoms with Crippen LogP contribution in [0.4, 0.5) is 5.69 Å². The first kappa shape index (κ1) is 15.9. The van der Waals surface area contributed by atoms with E-state index >= 15 is 0 Å². The number of anilines is 1. The summed E-state index contributed by atoms with van der Waals surface area (Å²) in [6.07, 6.45) is 4.31. The van der Waals surface area contributed by atoms with Crippen LogP contribution in [0.25, 0.3) is 0 Å². The van der Waals surface area contributed by atoms with E-state index in [4.69, 9.17) is 18.0 Å². The van der Waals surface area contributed by atoms with Crippen molar-refractivity contribution in [2.75, 3.05) is 18.4 Å². The first-order valence-corrected chi connectivity index (χ1v) is 7.91. The predicted octanol–water partition coefficient (Wildman–Crippen LogP) is 2.52. The van der Waals surface area contributed by atoms with Crippen LogP contribution in [-0.2, 0) is 4.79 Å². The fraction of sp³-hybridized carbons (Fsp3) is 0.500. The normalized spacial score (nSPS) is 19.2. The van der Waals surface area contributed by atoms with Gasteiger partial charge in [-0.05, 0) is 50.6 Å². The molecule has 1 atom stereocenters. The molecule has 1 fully saturated rings. The molecule has 2 rings (SSSR count). The van der Waals surface area contributed by atoms with E-state index in [0.29, 0.717) is 17.5 Å². The predicted molar refractivity (Wildman–Crippen MR) is 90.5 cm³/mol. The monoisotopic (exact) mass is 305 g/mol. The zero-order valence-electron chi connectivity index (χ0n) is 12.5. The molecule has 0 bridgehead atoms. The maximum Gasteiger partial charge on any atom is 0.225 e. The number of nitrogens with zero attached hydrogens (tertiary/aromatic N) is 1. The molecular weight excluding hydrogens is 282 g/mol. The number of carbonyl (C=O) groups is 1. The Balaban J connectivity index is 1.80. The molecule has 1 aliphatic heterocycles. The van der Waals surface area contributed by atoms with E-state index in [2.05, 4.69) is 17.1 Å². The van der Waals surface area contributed by atoms with E-state index in [1.54, 1.807) is 0 Å². The highest BCUT2D eigenvalue weighted by molar-refractivity contribution is 7.80. The van der Waals surface area contributed by atoms with E-state index in [-0.39, 0.29) is 5.91 Å². The highest BCUT2D eigenvalue weighted by atomic mass is 32.1. The summed E-state index contributed by atoms with van der Waals surface area (Å²) in [7, 11) is 0. The number of nitrogens with one attached hydrogen (secondary N) is 1. The number of benzene rings is 1. The van der Waals surface area contributed by atoms with E-state index in [9.17, 15) is 4.79 Å². The molecular formula is C16H23N3OS. The summed E-state index contributed by atoms with van der Waals surface area (Å²) in [6.45, 7) is 4.18. The van der Waals surface area contributed by atoms with Crippen molar-refractivity contribution in [2.24, 2.45) is 5.73 Å². The van der Waals surface area contributed by atoms with Crippen molar-refractivity contribution in [1.29, 1.82) is 0 Å². The zero-order valence-corrected chi connectivity index (χ0v) is 13.3. The lowest BCUT2D eigenvalue weighted by Crippen LogP contribution is -2.39. The van der Waals surface area contributed by atoms with E-state index < -0.39 is 0 Å². The second kappa shape index (κ2) is 7.52. The molecule has 0 aromatic heterocycles. The number of amides is 1. The lowest BCUT2D eigenvalue weighted by atomic mass is 10.0. The minimum atomic E-state index is 0.0517. The van der Waals surface area contributed by atoms with Crippen LogP contribution in [0.5, 0.6) is 0 Å². The Labute approximate surface area is 131 Å². The summed E-state index contributed by atoms with van der Waals surface area (Å²) in [5, 5.41) is 2.91. The number of thiocarbonyl (C=S) groups is 1. The van der Waals surface area contributed by atoms with Crippen molar-refractivity contribution < 1.29 is 4.79 Å². The van der Waals surface area contributed by atoms with Crippen LogP contribution in [0.3, 0.4) is 0 Å². The fourth-order valence-electron chi connectivity index (χ4n) is 2.68. The SMILES string of the molecule is CC1CCCCN1CCC(=O)Nc1ccc(C(N)=S)cc1. The van der Waals surface area contributed by atoms with Crippen molar-refractivity contribution in [3.05, 3.63) is 29.8 Å². The van der Waals surface area contributed by atoms with Gasteiger partial charge in [0.25, 0.3) is 0 Å². The molecule has 1 saturated heterocycles. The van der Waals surface area contributed by atoms with Crippen molar-refractivity contribution in [2.45, 2.75) is 38.6 Å². The molecule has 1 aromatic carbocycles. The number of hydrogen-bond acceptors (Lipinski definition) is 3. The molecule has 0 spiro atoms. The molecule has 0 saturated carbocycles. The molecule has 0 radical (unpaired) electrons. The maximum absolute atomic E-state index is 12.0. The Morgan fingerprint density at radius 3 is 2.71 bits per heavy atom. The van der Waals surface area contributed by atoms with Crippen molar-refractivity contribution in [3.8, 4) is 0 Å². The maximum atomic E-state index is 12.0. The minimum Gasteiger partial charge on any atom is -0.389 e. The molecule has 3 N–H and O–H groups in total. The Hall–Kier alpha value is -1.46. The Kier molecular flexibility index (Phi) is 5.70. The molecule has 1 unspecified atom stereocenters.